The summed E-state index contributed by atoms with van der Waals surface area (Å²) in [4.78, 5) is 17.4. The number of hydrogen-bond donors (Lipinski definition) is 1. The Morgan fingerprint density at radius 3 is 2.45 bits per heavy atom. The number of aromatic nitrogens is 2. The lowest BCUT2D eigenvalue weighted by Gasteiger charge is -2.10. The zero-order chi connectivity index (χ0) is 20.8. The fraction of sp³-hybridized carbons (Fsp3) is 0.273. The molecule has 0 aliphatic heterocycles. The number of rotatable bonds is 5. The Balaban J connectivity index is 1.90. The second-order valence-electron chi connectivity index (χ2n) is 7.75. The Morgan fingerprint density at radius 2 is 1.72 bits per heavy atom. The number of carbonyl (C=O) groups excluding carboxylic acids is 1. The highest BCUT2D eigenvalue weighted by Crippen LogP contribution is 2.36. The molecule has 4 rings (SSSR count). The molecule has 1 amide bonds. The number of anilines is 1. The molecule has 4 aromatic rings. The van der Waals surface area contributed by atoms with Gasteiger partial charge in [-0.2, -0.15) is 0 Å². The number of hydrogen-bond acceptors (Lipinski definition) is 4. The Kier molecular flexibility index (Phi) is 4.78. The predicted octanol–water partition coefficient (Wildman–Crippen LogP) is 3.96. The van der Waals surface area contributed by atoms with Gasteiger partial charge in [0.1, 0.15) is 11.6 Å². The molecule has 0 unspecified atom stereocenters. The first-order valence-electron chi connectivity index (χ1n) is 9.55. The molecule has 0 radical (unpaired) electrons. The van der Waals surface area contributed by atoms with Crippen molar-refractivity contribution in [3.05, 3.63) is 54.4 Å². The van der Waals surface area contributed by atoms with Crippen LogP contribution < -0.4 is 5.32 Å². The first-order valence-corrected chi connectivity index (χ1v) is 11.4. The minimum Gasteiger partial charge on any atom is -0.323 e. The monoisotopic (exact) mass is 409 g/mol. The van der Waals surface area contributed by atoms with E-state index in [0.717, 1.165) is 33.1 Å². The molecule has 0 atom stereocenters. The third-order valence-corrected chi connectivity index (χ3v) is 6.72. The molecular weight excluding hydrogens is 386 g/mol. The number of fused-ring (bicyclic) bond motifs is 5. The first-order chi connectivity index (χ1) is 13.8. The van der Waals surface area contributed by atoms with Crippen molar-refractivity contribution in [3.8, 4) is 0 Å². The molecule has 0 saturated carbocycles. The summed E-state index contributed by atoms with van der Waals surface area (Å²) in [5.74, 6) is -0.297. The van der Waals surface area contributed by atoms with Crippen LogP contribution in [0.15, 0.2) is 48.5 Å². The quantitative estimate of drug-likeness (QED) is 0.541. The fourth-order valence-corrected chi connectivity index (χ4v) is 5.50. The van der Waals surface area contributed by atoms with Crippen LogP contribution in [0.1, 0.15) is 19.7 Å². The molecule has 0 aliphatic rings. The van der Waals surface area contributed by atoms with Gasteiger partial charge in [-0.05, 0) is 25.0 Å². The zero-order valence-corrected chi connectivity index (χ0v) is 17.5. The van der Waals surface area contributed by atoms with Crippen molar-refractivity contribution in [1.82, 2.24) is 9.38 Å². The number of amides is 1. The van der Waals surface area contributed by atoms with E-state index < -0.39 is 21.5 Å². The summed E-state index contributed by atoms with van der Waals surface area (Å²) in [5.41, 5.74) is 3.18. The highest BCUT2D eigenvalue weighted by Gasteiger charge is 2.22. The van der Waals surface area contributed by atoms with Crippen LogP contribution in [0.25, 0.3) is 27.3 Å². The lowest BCUT2D eigenvalue weighted by molar-refractivity contribution is -0.113. The molecule has 150 valence electrons. The highest BCUT2D eigenvalue weighted by molar-refractivity contribution is 7.92. The van der Waals surface area contributed by atoms with Gasteiger partial charge in [0, 0.05) is 10.8 Å². The Hall–Kier alpha value is -2.93. The number of sulfone groups is 1. The summed E-state index contributed by atoms with van der Waals surface area (Å²) in [5, 5.41) is 4.64. The van der Waals surface area contributed by atoms with Crippen LogP contribution in [-0.4, -0.2) is 35.2 Å². The van der Waals surface area contributed by atoms with Crippen LogP contribution in [0.2, 0.25) is 0 Å². The van der Waals surface area contributed by atoms with Crippen molar-refractivity contribution < 1.29 is 13.2 Å². The summed E-state index contributed by atoms with van der Waals surface area (Å²) in [6, 6.07) is 15.5. The molecule has 0 aliphatic carbocycles. The van der Waals surface area contributed by atoms with Crippen molar-refractivity contribution in [2.75, 3.05) is 16.8 Å². The molecule has 6 nitrogen and oxygen atoms in total. The lowest BCUT2D eigenvalue weighted by atomic mass is 10.1. The summed E-state index contributed by atoms with van der Waals surface area (Å²) < 4.78 is 26.6. The Bertz CT molecular complexity index is 1350. The third-order valence-electron chi connectivity index (χ3n) is 4.84. The van der Waals surface area contributed by atoms with E-state index in [1.165, 1.54) is 0 Å². The van der Waals surface area contributed by atoms with Crippen molar-refractivity contribution in [1.29, 1.82) is 0 Å². The number of aryl methyl sites for hydroxylation is 1. The van der Waals surface area contributed by atoms with Crippen LogP contribution in [0.4, 0.5) is 5.69 Å². The van der Waals surface area contributed by atoms with E-state index >= 15 is 0 Å². The Morgan fingerprint density at radius 1 is 1.07 bits per heavy atom. The summed E-state index contributed by atoms with van der Waals surface area (Å²) >= 11 is 0. The minimum absolute atomic E-state index is 0.0103. The average molecular weight is 410 g/mol. The van der Waals surface area contributed by atoms with Crippen LogP contribution in [0, 0.1) is 12.8 Å². The first kappa shape index (κ1) is 19.4. The molecule has 1 N–H and O–H groups in total. The zero-order valence-electron chi connectivity index (χ0n) is 16.6. The van der Waals surface area contributed by atoms with Gasteiger partial charge in [0.15, 0.2) is 9.84 Å². The summed E-state index contributed by atoms with van der Waals surface area (Å²) in [6.45, 7) is 5.57. The molecule has 2 heterocycles. The number of para-hydroxylation sites is 2. The SMILES string of the molecule is Cc1nc2ccccc2c2c(NC(=O)CS(=O)(=O)CC(C)C)c3ccccc3n12. The van der Waals surface area contributed by atoms with Crippen LogP contribution in [0.3, 0.4) is 0 Å². The number of benzene rings is 2. The van der Waals surface area contributed by atoms with Gasteiger partial charge in [0.2, 0.25) is 5.91 Å². The number of nitrogens with zero attached hydrogens (tertiary/aromatic N) is 2. The molecule has 0 bridgehead atoms. The van der Waals surface area contributed by atoms with Gasteiger partial charge in [0.05, 0.1) is 28.0 Å². The van der Waals surface area contributed by atoms with Gasteiger partial charge in [-0.15, -0.1) is 0 Å². The molecule has 0 saturated heterocycles. The van der Waals surface area contributed by atoms with E-state index in [0.29, 0.717) is 5.69 Å². The maximum atomic E-state index is 12.7. The van der Waals surface area contributed by atoms with Gasteiger partial charge in [-0.1, -0.05) is 50.2 Å². The minimum atomic E-state index is -3.47. The normalized spacial score (nSPS) is 12.3. The van der Waals surface area contributed by atoms with Crippen molar-refractivity contribution in [2.24, 2.45) is 5.92 Å². The molecular formula is C22H23N3O3S. The molecule has 29 heavy (non-hydrogen) atoms. The summed E-state index contributed by atoms with van der Waals surface area (Å²) in [6.07, 6.45) is 0. The predicted molar refractivity (Wildman–Crippen MR) is 117 cm³/mol. The number of nitrogens with one attached hydrogen (secondary N) is 1. The second kappa shape index (κ2) is 7.15. The maximum absolute atomic E-state index is 12.7. The molecule has 0 spiro atoms. The molecule has 2 aromatic heterocycles. The Labute approximate surface area is 169 Å². The lowest BCUT2D eigenvalue weighted by Crippen LogP contribution is -2.26. The van der Waals surface area contributed by atoms with Crippen LogP contribution >= 0.6 is 0 Å². The van der Waals surface area contributed by atoms with E-state index in [-0.39, 0.29) is 11.7 Å². The average Bonchev–Trinajstić information content (AvgIpc) is 2.95. The van der Waals surface area contributed by atoms with Gasteiger partial charge < -0.3 is 5.32 Å². The van der Waals surface area contributed by atoms with E-state index in [1.807, 2.05) is 73.7 Å². The largest absolute Gasteiger partial charge is 0.323 e. The summed E-state index contributed by atoms with van der Waals surface area (Å²) in [7, 11) is -3.47. The van der Waals surface area contributed by atoms with Gasteiger partial charge in [-0.3, -0.25) is 9.20 Å². The van der Waals surface area contributed by atoms with Crippen molar-refractivity contribution >= 4 is 48.8 Å². The van der Waals surface area contributed by atoms with Gasteiger partial charge >= 0.3 is 0 Å². The van der Waals surface area contributed by atoms with Gasteiger partial charge in [0.25, 0.3) is 0 Å². The maximum Gasteiger partial charge on any atom is 0.239 e. The van der Waals surface area contributed by atoms with E-state index in [1.54, 1.807) is 0 Å². The van der Waals surface area contributed by atoms with E-state index in [4.69, 9.17) is 4.98 Å². The molecule has 2 aromatic carbocycles. The van der Waals surface area contributed by atoms with E-state index in [9.17, 15) is 13.2 Å². The highest BCUT2D eigenvalue weighted by atomic mass is 32.2. The molecule has 7 heteroatoms. The standard InChI is InChI=1S/C22H23N3O3S/c1-14(2)12-29(27,28)13-20(26)24-21-17-9-5-7-11-19(17)25-15(3)23-18-10-6-4-8-16(18)22(21)25/h4-11,14H,12-13H2,1-3H3,(H,24,26). The smallest absolute Gasteiger partial charge is 0.239 e. The fourth-order valence-electron chi connectivity index (χ4n) is 3.90. The van der Waals surface area contributed by atoms with Crippen LogP contribution in [0.5, 0.6) is 0 Å². The van der Waals surface area contributed by atoms with Crippen molar-refractivity contribution in [3.63, 3.8) is 0 Å². The van der Waals surface area contributed by atoms with Crippen LogP contribution in [-0.2, 0) is 14.6 Å². The number of carbonyl (C=O) groups is 1. The third kappa shape index (κ3) is 3.58. The second-order valence-corrected chi connectivity index (χ2v) is 9.86. The molecule has 0 fully saturated rings. The van der Waals surface area contributed by atoms with Gasteiger partial charge in [-0.25, -0.2) is 13.4 Å². The van der Waals surface area contributed by atoms with Crippen molar-refractivity contribution in [2.45, 2.75) is 20.8 Å². The topological polar surface area (TPSA) is 80.5 Å². The van der Waals surface area contributed by atoms with E-state index in [2.05, 4.69) is 5.32 Å².